The lowest BCUT2D eigenvalue weighted by molar-refractivity contribution is 0.101. The Morgan fingerprint density at radius 3 is 2.43 bits per heavy atom. The summed E-state index contributed by atoms with van der Waals surface area (Å²) in [6, 6.07) is 11.2. The fourth-order valence-corrected chi connectivity index (χ4v) is 4.50. The van der Waals surface area contributed by atoms with E-state index in [4.69, 9.17) is 0 Å². The van der Waals surface area contributed by atoms with Crippen molar-refractivity contribution in [3.8, 4) is 0 Å². The zero-order valence-corrected chi connectivity index (χ0v) is 14.9. The molecule has 1 N–H and O–H groups in total. The van der Waals surface area contributed by atoms with Gasteiger partial charge in [-0.1, -0.05) is 28.1 Å². The maximum absolute atomic E-state index is 12.4. The van der Waals surface area contributed by atoms with Gasteiger partial charge in [-0.05, 0) is 53.2 Å². The summed E-state index contributed by atoms with van der Waals surface area (Å²) < 4.78 is 28.4. The predicted octanol–water partition coefficient (Wildman–Crippen LogP) is 4.22. The minimum atomic E-state index is -3.73. The summed E-state index contributed by atoms with van der Waals surface area (Å²) in [4.78, 5) is 11.5. The first kappa shape index (κ1) is 16.2. The highest BCUT2D eigenvalue weighted by Gasteiger charge is 2.18. The Hall–Kier alpha value is -1.18. The highest BCUT2D eigenvalue weighted by atomic mass is 79.9. The van der Waals surface area contributed by atoms with Crippen LogP contribution in [0.5, 0.6) is 0 Å². The van der Waals surface area contributed by atoms with Gasteiger partial charge in [-0.15, -0.1) is 0 Å². The van der Waals surface area contributed by atoms with Crippen molar-refractivity contribution in [1.82, 2.24) is 0 Å². The minimum absolute atomic E-state index is 0.124. The summed E-state index contributed by atoms with van der Waals surface area (Å²) in [5, 5.41) is 0. The van der Waals surface area contributed by atoms with Gasteiger partial charge in [0.25, 0.3) is 10.0 Å². The summed E-state index contributed by atoms with van der Waals surface area (Å²) in [6.45, 7) is 1.43. The van der Waals surface area contributed by atoms with Crippen LogP contribution in [0.15, 0.2) is 56.3 Å². The third kappa shape index (κ3) is 3.93. The van der Waals surface area contributed by atoms with Crippen molar-refractivity contribution in [1.29, 1.82) is 0 Å². The molecule has 2 rings (SSSR count). The molecule has 0 aliphatic rings. The molecule has 0 heterocycles. The van der Waals surface area contributed by atoms with Crippen molar-refractivity contribution in [3.05, 3.63) is 57.0 Å². The normalized spacial score (nSPS) is 11.2. The van der Waals surface area contributed by atoms with Gasteiger partial charge in [0.1, 0.15) is 4.90 Å². The summed E-state index contributed by atoms with van der Waals surface area (Å²) in [6.07, 6.45) is 0. The molecule has 0 aromatic heterocycles. The number of nitrogens with one attached hydrogen (secondary N) is 1. The standard InChI is InChI=1S/C14H11Br2NO3S/c1-9(18)10-3-2-4-12(7-10)17-21(19,20)14-6-5-11(15)8-13(14)16/h2-8,17H,1H3. The highest BCUT2D eigenvalue weighted by molar-refractivity contribution is 9.11. The third-order valence-electron chi connectivity index (χ3n) is 2.70. The maximum atomic E-state index is 12.4. The first-order chi connectivity index (χ1) is 9.79. The molecule has 4 nitrogen and oxygen atoms in total. The van der Waals surface area contributed by atoms with Crippen LogP contribution < -0.4 is 4.72 Å². The van der Waals surface area contributed by atoms with E-state index in [0.29, 0.717) is 15.7 Å². The number of ketones is 1. The Kier molecular flexibility index (Phi) is 4.85. The zero-order valence-electron chi connectivity index (χ0n) is 10.9. The topological polar surface area (TPSA) is 63.2 Å². The smallest absolute Gasteiger partial charge is 0.263 e. The van der Waals surface area contributed by atoms with Gasteiger partial charge in [0.05, 0.1) is 0 Å². The molecule has 2 aromatic carbocycles. The molecule has 0 aliphatic heterocycles. The molecular weight excluding hydrogens is 422 g/mol. The van der Waals surface area contributed by atoms with Crippen LogP contribution in [0.25, 0.3) is 0 Å². The van der Waals surface area contributed by atoms with E-state index in [9.17, 15) is 13.2 Å². The number of Topliss-reactive ketones (excluding diaryl/α,β-unsaturated/α-hetero) is 1. The molecule has 0 amide bonds. The van der Waals surface area contributed by atoms with Gasteiger partial charge < -0.3 is 0 Å². The molecular formula is C14H11Br2NO3S. The lowest BCUT2D eigenvalue weighted by Crippen LogP contribution is -2.13. The van der Waals surface area contributed by atoms with Crippen LogP contribution in [0.1, 0.15) is 17.3 Å². The van der Waals surface area contributed by atoms with E-state index in [1.54, 1.807) is 30.3 Å². The SMILES string of the molecule is CC(=O)c1cccc(NS(=O)(=O)c2ccc(Br)cc2Br)c1. The van der Waals surface area contributed by atoms with Crippen molar-refractivity contribution in [2.75, 3.05) is 4.72 Å². The number of benzene rings is 2. The van der Waals surface area contributed by atoms with Gasteiger partial charge in [-0.25, -0.2) is 8.42 Å². The molecule has 0 radical (unpaired) electrons. The predicted molar refractivity (Wildman–Crippen MR) is 89.1 cm³/mol. The summed E-state index contributed by atoms with van der Waals surface area (Å²) in [7, 11) is -3.73. The van der Waals surface area contributed by atoms with Crippen molar-refractivity contribution in [2.24, 2.45) is 0 Å². The van der Waals surface area contributed by atoms with E-state index in [-0.39, 0.29) is 10.7 Å². The van der Waals surface area contributed by atoms with Crippen LogP contribution in [0.4, 0.5) is 5.69 Å². The molecule has 0 unspecified atom stereocenters. The Balaban J connectivity index is 2.37. The van der Waals surface area contributed by atoms with Crippen molar-refractivity contribution in [2.45, 2.75) is 11.8 Å². The molecule has 7 heteroatoms. The first-order valence-electron chi connectivity index (χ1n) is 5.88. The highest BCUT2D eigenvalue weighted by Crippen LogP contribution is 2.27. The van der Waals surface area contributed by atoms with Crippen LogP contribution in [0.3, 0.4) is 0 Å². The fraction of sp³-hybridized carbons (Fsp3) is 0.0714. The van der Waals surface area contributed by atoms with E-state index in [0.717, 1.165) is 4.47 Å². The minimum Gasteiger partial charge on any atom is -0.295 e. The average molecular weight is 433 g/mol. The molecule has 0 aliphatic carbocycles. The molecule has 21 heavy (non-hydrogen) atoms. The second-order valence-electron chi connectivity index (χ2n) is 4.32. The second kappa shape index (κ2) is 6.29. The van der Waals surface area contributed by atoms with E-state index in [2.05, 4.69) is 36.6 Å². The number of hydrogen-bond acceptors (Lipinski definition) is 3. The number of sulfonamides is 1. The number of carbonyl (C=O) groups excluding carboxylic acids is 1. The quantitative estimate of drug-likeness (QED) is 0.735. The molecule has 2 aromatic rings. The van der Waals surface area contributed by atoms with Gasteiger partial charge in [0.15, 0.2) is 5.78 Å². The Morgan fingerprint density at radius 1 is 1.10 bits per heavy atom. The number of anilines is 1. The molecule has 0 saturated heterocycles. The summed E-state index contributed by atoms with van der Waals surface area (Å²) >= 11 is 6.50. The summed E-state index contributed by atoms with van der Waals surface area (Å²) in [5.41, 5.74) is 0.794. The molecule has 110 valence electrons. The van der Waals surface area contributed by atoms with E-state index < -0.39 is 10.0 Å². The van der Waals surface area contributed by atoms with Gasteiger partial charge in [0, 0.05) is 20.2 Å². The fourth-order valence-electron chi connectivity index (χ4n) is 1.70. The second-order valence-corrected chi connectivity index (χ2v) is 7.74. The average Bonchev–Trinajstić information content (AvgIpc) is 2.37. The largest absolute Gasteiger partial charge is 0.295 e. The van der Waals surface area contributed by atoms with Crippen LogP contribution in [0.2, 0.25) is 0 Å². The lowest BCUT2D eigenvalue weighted by atomic mass is 10.1. The molecule has 0 saturated carbocycles. The van der Waals surface area contributed by atoms with Gasteiger partial charge in [-0.2, -0.15) is 0 Å². The van der Waals surface area contributed by atoms with E-state index in [1.165, 1.54) is 19.1 Å². The molecule has 0 spiro atoms. The number of carbonyl (C=O) groups is 1. The van der Waals surface area contributed by atoms with Crippen molar-refractivity contribution >= 4 is 53.4 Å². The third-order valence-corrected chi connectivity index (χ3v) is 5.56. The van der Waals surface area contributed by atoms with Crippen LogP contribution in [0, 0.1) is 0 Å². The van der Waals surface area contributed by atoms with Gasteiger partial charge in [-0.3, -0.25) is 9.52 Å². The Labute approximate surface area is 139 Å². The maximum Gasteiger partial charge on any atom is 0.263 e. The number of rotatable bonds is 4. The number of hydrogen-bond donors (Lipinski definition) is 1. The monoisotopic (exact) mass is 431 g/mol. The lowest BCUT2D eigenvalue weighted by Gasteiger charge is -2.10. The van der Waals surface area contributed by atoms with Crippen molar-refractivity contribution in [3.63, 3.8) is 0 Å². The van der Waals surface area contributed by atoms with E-state index in [1.807, 2.05) is 0 Å². The number of halogens is 2. The van der Waals surface area contributed by atoms with Crippen LogP contribution in [-0.2, 0) is 10.0 Å². The van der Waals surface area contributed by atoms with Gasteiger partial charge in [0.2, 0.25) is 0 Å². The Morgan fingerprint density at radius 2 is 1.81 bits per heavy atom. The summed E-state index contributed by atoms with van der Waals surface area (Å²) in [5.74, 6) is -0.124. The van der Waals surface area contributed by atoms with Crippen LogP contribution >= 0.6 is 31.9 Å². The zero-order chi connectivity index (χ0) is 15.6. The van der Waals surface area contributed by atoms with E-state index >= 15 is 0 Å². The van der Waals surface area contributed by atoms with Gasteiger partial charge >= 0.3 is 0 Å². The van der Waals surface area contributed by atoms with Crippen molar-refractivity contribution < 1.29 is 13.2 Å². The Bertz CT molecular complexity index is 804. The molecule has 0 atom stereocenters. The molecule has 0 fully saturated rings. The molecule has 0 bridgehead atoms. The van der Waals surface area contributed by atoms with Crippen LogP contribution in [-0.4, -0.2) is 14.2 Å². The first-order valence-corrected chi connectivity index (χ1v) is 8.95.